The minimum atomic E-state index is -1.05. The lowest BCUT2D eigenvalue weighted by Crippen LogP contribution is -2.25. The molecule has 6 heteroatoms. The first kappa shape index (κ1) is 18.1. The molecular weight excluding hydrogens is 348 g/mol. The molecule has 0 fully saturated rings. The fraction of sp³-hybridized carbons (Fsp3) is 0.200. The van der Waals surface area contributed by atoms with Crippen LogP contribution in [0.4, 0.5) is 0 Å². The zero-order valence-corrected chi connectivity index (χ0v) is 15.5. The van der Waals surface area contributed by atoms with E-state index in [1.807, 2.05) is 37.3 Å². The van der Waals surface area contributed by atoms with Gasteiger partial charge in [0.25, 0.3) is 5.91 Å². The van der Waals surface area contributed by atoms with Crippen molar-refractivity contribution in [3.8, 4) is 11.5 Å². The highest BCUT2D eigenvalue weighted by Gasteiger charge is 2.12. The van der Waals surface area contributed by atoms with Crippen molar-refractivity contribution in [1.29, 1.82) is 0 Å². The van der Waals surface area contributed by atoms with E-state index in [1.54, 1.807) is 30.5 Å². The predicted molar refractivity (Wildman–Crippen MR) is 101 cm³/mol. The minimum Gasteiger partial charge on any atom is -0.441 e. The van der Waals surface area contributed by atoms with E-state index in [0.717, 1.165) is 17.0 Å². The first-order valence-corrected chi connectivity index (χ1v) is 9.84. The van der Waals surface area contributed by atoms with E-state index in [9.17, 15) is 9.00 Å². The Labute approximate surface area is 154 Å². The van der Waals surface area contributed by atoms with Crippen molar-refractivity contribution in [1.82, 2.24) is 10.3 Å². The van der Waals surface area contributed by atoms with Gasteiger partial charge in [-0.15, -0.1) is 0 Å². The summed E-state index contributed by atoms with van der Waals surface area (Å²) in [6.45, 7) is 2.34. The molecule has 5 nitrogen and oxygen atoms in total. The smallest absolute Gasteiger partial charge is 0.251 e. The average Bonchev–Trinajstić information content (AvgIpc) is 3.03. The summed E-state index contributed by atoms with van der Waals surface area (Å²) < 4.78 is 17.1. The number of carbonyl (C=O) groups excluding carboxylic acids is 1. The summed E-state index contributed by atoms with van der Waals surface area (Å²) in [4.78, 5) is 17.4. The quantitative estimate of drug-likeness (QED) is 0.724. The second-order valence-corrected chi connectivity index (χ2v) is 7.25. The van der Waals surface area contributed by atoms with Gasteiger partial charge in [-0.2, -0.15) is 0 Å². The number of amides is 1. The van der Waals surface area contributed by atoms with Gasteiger partial charge in [-0.05, 0) is 43.3 Å². The van der Waals surface area contributed by atoms with Crippen LogP contribution in [-0.4, -0.2) is 27.9 Å². The number of nitrogens with one attached hydrogen (secondary N) is 1. The largest absolute Gasteiger partial charge is 0.441 e. The Morgan fingerprint density at radius 2 is 1.81 bits per heavy atom. The summed E-state index contributed by atoms with van der Waals surface area (Å²) in [6.07, 6.45) is 2.20. The van der Waals surface area contributed by atoms with Crippen LogP contribution in [0.3, 0.4) is 0 Å². The lowest BCUT2D eigenvalue weighted by molar-refractivity contribution is 0.0954. The highest BCUT2D eigenvalue weighted by Crippen LogP contribution is 2.21. The van der Waals surface area contributed by atoms with E-state index in [-0.39, 0.29) is 5.91 Å². The molecule has 0 aliphatic rings. The van der Waals surface area contributed by atoms with Gasteiger partial charge in [0.15, 0.2) is 0 Å². The highest BCUT2D eigenvalue weighted by molar-refractivity contribution is 7.84. The minimum absolute atomic E-state index is 0.164. The molecule has 0 aliphatic carbocycles. The Balaban J connectivity index is 1.59. The molecule has 26 heavy (non-hydrogen) atoms. The first-order valence-electron chi connectivity index (χ1n) is 8.28. The van der Waals surface area contributed by atoms with Crippen LogP contribution in [0.1, 0.15) is 21.8 Å². The molecule has 0 saturated heterocycles. The fourth-order valence-corrected chi connectivity index (χ4v) is 3.08. The van der Waals surface area contributed by atoms with E-state index in [0.29, 0.717) is 29.3 Å². The van der Waals surface area contributed by atoms with Crippen LogP contribution < -0.4 is 5.32 Å². The summed E-state index contributed by atoms with van der Waals surface area (Å²) >= 11 is 0. The fourth-order valence-electron chi connectivity index (χ4n) is 2.56. The second-order valence-electron chi connectivity index (χ2n) is 5.87. The van der Waals surface area contributed by atoms with Crippen LogP contribution in [0, 0.1) is 6.92 Å². The Morgan fingerprint density at radius 3 is 2.46 bits per heavy atom. The molecule has 0 saturated carbocycles. The number of carbonyl (C=O) groups is 1. The maximum absolute atomic E-state index is 12.2. The molecule has 3 rings (SSSR count). The first-order chi connectivity index (χ1) is 12.5. The predicted octanol–water partition coefficient (Wildman–Crippen LogP) is 3.36. The summed E-state index contributed by atoms with van der Waals surface area (Å²) in [5, 5.41) is 2.88. The van der Waals surface area contributed by atoms with Crippen LogP contribution >= 0.6 is 0 Å². The van der Waals surface area contributed by atoms with Crippen molar-refractivity contribution >= 4 is 16.7 Å². The molecule has 134 valence electrons. The Morgan fingerprint density at radius 1 is 1.12 bits per heavy atom. The third-order valence-corrected chi connectivity index (χ3v) is 4.95. The van der Waals surface area contributed by atoms with Crippen molar-refractivity contribution < 1.29 is 13.4 Å². The summed E-state index contributed by atoms with van der Waals surface area (Å²) in [5.41, 5.74) is 2.31. The van der Waals surface area contributed by atoms with E-state index in [1.165, 1.54) is 0 Å². The van der Waals surface area contributed by atoms with Gasteiger partial charge in [-0.25, -0.2) is 4.98 Å². The van der Waals surface area contributed by atoms with Crippen molar-refractivity contribution in [3.63, 3.8) is 0 Å². The summed E-state index contributed by atoms with van der Waals surface area (Å²) in [5.74, 6) is 1.18. The second kappa shape index (κ2) is 8.10. The zero-order chi connectivity index (χ0) is 18.5. The number of hydrogen-bond donors (Lipinski definition) is 1. The third kappa shape index (κ3) is 4.26. The molecule has 1 atom stereocenters. The number of rotatable bonds is 6. The standard InChI is InChI=1S/C20H20N2O3S/c1-14-18(22-20(25-14)16-6-4-3-5-7-16)12-13-21-19(23)15-8-10-17(11-9-15)26(2)24/h3-11H,12-13H2,1-2H3,(H,21,23)/t26-/m0/s1. The van der Waals surface area contributed by atoms with Gasteiger partial charge in [0.1, 0.15) is 5.76 Å². The zero-order valence-electron chi connectivity index (χ0n) is 14.7. The highest BCUT2D eigenvalue weighted by atomic mass is 32.2. The molecule has 0 aliphatic heterocycles. The van der Waals surface area contributed by atoms with E-state index in [2.05, 4.69) is 10.3 Å². The number of aromatic nitrogens is 1. The summed E-state index contributed by atoms with van der Waals surface area (Å²) in [6, 6.07) is 16.5. The van der Waals surface area contributed by atoms with Gasteiger partial charge in [0.05, 0.1) is 5.69 Å². The maximum atomic E-state index is 12.2. The third-order valence-electron chi connectivity index (χ3n) is 4.01. The SMILES string of the molecule is Cc1oc(-c2ccccc2)nc1CCNC(=O)c1ccc([S@](C)=O)cc1. The van der Waals surface area contributed by atoms with Gasteiger partial charge < -0.3 is 9.73 Å². The number of aryl methyl sites for hydroxylation is 1. The molecule has 1 heterocycles. The molecule has 0 radical (unpaired) electrons. The van der Waals surface area contributed by atoms with Gasteiger partial charge in [0, 0.05) is 46.0 Å². The molecular formula is C20H20N2O3S. The Kier molecular flexibility index (Phi) is 5.63. The van der Waals surface area contributed by atoms with E-state index in [4.69, 9.17) is 4.42 Å². The van der Waals surface area contributed by atoms with Crippen LogP contribution in [0.5, 0.6) is 0 Å². The lowest BCUT2D eigenvalue weighted by Gasteiger charge is -2.05. The van der Waals surface area contributed by atoms with Crippen LogP contribution in [0.25, 0.3) is 11.5 Å². The Hall–Kier alpha value is -2.73. The molecule has 0 bridgehead atoms. The number of oxazole rings is 1. The molecule has 1 amide bonds. The van der Waals surface area contributed by atoms with Gasteiger partial charge in [-0.3, -0.25) is 9.00 Å². The summed E-state index contributed by atoms with van der Waals surface area (Å²) in [7, 11) is -1.05. The molecule has 0 spiro atoms. The van der Waals surface area contributed by atoms with Crippen LogP contribution in [0.15, 0.2) is 63.9 Å². The normalized spacial score (nSPS) is 11.9. The van der Waals surface area contributed by atoms with E-state index < -0.39 is 10.8 Å². The molecule has 1 aromatic heterocycles. The number of benzene rings is 2. The molecule has 2 aromatic carbocycles. The number of hydrogen-bond acceptors (Lipinski definition) is 4. The van der Waals surface area contributed by atoms with Crippen molar-refractivity contribution in [2.24, 2.45) is 0 Å². The molecule has 1 N–H and O–H groups in total. The van der Waals surface area contributed by atoms with Crippen molar-refractivity contribution in [3.05, 3.63) is 71.6 Å². The Bertz CT molecular complexity index is 918. The lowest BCUT2D eigenvalue weighted by atomic mass is 10.2. The van der Waals surface area contributed by atoms with Gasteiger partial charge >= 0.3 is 0 Å². The monoisotopic (exact) mass is 368 g/mol. The van der Waals surface area contributed by atoms with Crippen molar-refractivity contribution in [2.45, 2.75) is 18.2 Å². The van der Waals surface area contributed by atoms with Crippen LogP contribution in [0.2, 0.25) is 0 Å². The molecule has 0 unspecified atom stereocenters. The molecule has 3 aromatic rings. The van der Waals surface area contributed by atoms with Crippen LogP contribution in [-0.2, 0) is 17.2 Å². The van der Waals surface area contributed by atoms with E-state index >= 15 is 0 Å². The average molecular weight is 368 g/mol. The topological polar surface area (TPSA) is 72.2 Å². The maximum Gasteiger partial charge on any atom is 0.251 e. The van der Waals surface area contributed by atoms with Gasteiger partial charge in [-0.1, -0.05) is 18.2 Å². The number of nitrogens with zero attached hydrogens (tertiary/aromatic N) is 1. The van der Waals surface area contributed by atoms with Crippen molar-refractivity contribution in [2.75, 3.05) is 12.8 Å². The van der Waals surface area contributed by atoms with Gasteiger partial charge in [0.2, 0.25) is 5.89 Å².